The molecule has 1 aliphatic rings. The molecule has 1 unspecified atom stereocenters. The maximum atomic E-state index is 11.6. The van der Waals surface area contributed by atoms with Crippen molar-refractivity contribution in [1.29, 1.82) is 0 Å². The van der Waals surface area contributed by atoms with Crippen LogP contribution in [0, 0.1) is 12.3 Å². The standard InChI is InChI=1S/C16H22O5/c1-9-10(5-6-17)14(21-4)12-8-16(2,15(18)19)7-11(12)13(9)20-3/h17H,5-8H2,1-4H3,(H,18,19). The van der Waals surface area contributed by atoms with E-state index in [0.717, 1.165) is 28.0 Å². The summed E-state index contributed by atoms with van der Waals surface area (Å²) in [6, 6.07) is 0. The van der Waals surface area contributed by atoms with Crippen LogP contribution in [0.15, 0.2) is 0 Å². The minimum Gasteiger partial charge on any atom is -0.496 e. The van der Waals surface area contributed by atoms with Crippen LogP contribution in [-0.4, -0.2) is 37.0 Å². The van der Waals surface area contributed by atoms with Crippen LogP contribution in [0.1, 0.15) is 29.2 Å². The van der Waals surface area contributed by atoms with Gasteiger partial charge in [-0.3, -0.25) is 4.79 Å². The molecule has 5 heteroatoms. The van der Waals surface area contributed by atoms with Crippen molar-refractivity contribution >= 4 is 5.97 Å². The Hall–Kier alpha value is -1.75. The van der Waals surface area contributed by atoms with E-state index in [9.17, 15) is 15.0 Å². The van der Waals surface area contributed by atoms with E-state index < -0.39 is 11.4 Å². The molecule has 0 spiro atoms. The number of fused-ring (bicyclic) bond motifs is 1. The first-order chi connectivity index (χ1) is 9.89. The fourth-order valence-electron chi connectivity index (χ4n) is 3.29. The van der Waals surface area contributed by atoms with Crippen molar-refractivity contribution in [2.75, 3.05) is 20.8 Å². The molecule has 0 aliphatic heterocycles. The van der Waals surface area contributed by atoms with E-state index in [1.54, 1.807) is 21.1 Å². The number of ether oxygens (including phenoxy) is 2. The van der Waals surface area contributed by atoms with E-state index in [0.29, 0.717) is 25.0 Å². The first-order valence-electron chi connectivity index (χ1n) is 6.99. The average Bonchev–Trinajstić information content (AvgIpc) is 2.79. The number of hydrogen-bond acceptors (Lipinski definition) is 4. The normalized spacial score (nSPS) is 20.2. The maximum Gasteiger partial charge on any atom is 0.310 e. The monoisotopic (exact) mass is 294 g/mol. The van der Waals surface area contributed by atoms with Crippen LogP contribution in [0.2, 0.25) is 0 Å². The molecule has 2 N–H and O–H groups in total. The van der Waals surface area contributed by atoms with Crippen molar-refractivity contribution < 1.29 is 24.5 Å². The van der Waals surface area contributed by atoms with Gasteiger partial charge >= 0.3 is 5.97 Å². The van der Waals surface area contributed by atoms with Crippen molar-refractivity contribution in [2.24, 2.45) is 5.41 Å². The number of benzene rings is 1. The molecule has 5 nitrogen and oxygen atoms in total. The van der Waals surface area contributed by atoms with Crippen molar-refractivity contribution in [1.82, 2.24) is 0 Å². The summed E-state index contributed by atoms with van der Waals surface area (Å²) < 4.78 is 11.1. The summed E-state index contributed by atoms with van der Waals surface area (Å²) in [7, 11) is 3.17. The zero-order chi connectivity index (χ0) is 15.8. The van der Waals surface area contributed by atoms with Crippen molar-refractivity contribution in [2.45, 2.75) is 33.1 Å². The molecular weight excluding hydrogens is 272 g/mol. The predicted octanol–water partition coefficient (Wildman–Crippen LogP) is 1.74. The Morgan fingerprint density at radius 3 is 2.14 bits per heavy atom. The molecule has 21 heavy (non-hydrogen) atoms. The van der Waals surface area contributed by atoms with Gasteiger partial charge in [-0.25, -0.2) is 0 Å². The topological polar surface area (TPSA) is 76.0 Å². The fraction of sp³-hybridized carbons (Fsp3) is 0.562. The second-order valence-corrected chi connectivity index (χ2v) is 5.82. The Balaban J connectivity index is 2.68. The lowest BCUT2D eigenvalue weighted by atomic mass is 9.87. The van der Waals surface area contributed by atoms with Gasteiger partial charge in [0.25, 0.3) is 0 Å². The summed E-state index contributed by atoms with van der Waals surface area (Å²) in [6.07, 6.45) is 1.30. The van der Waals surface area contributed by atoms with E-state index >= 15 is 0 Å². The molecule has 0 amide bonds. The Bertz CT molecular complexity index is 579. The highest BCUT2D eigenvalue weighted by Crippen LogP contribution is 2.48. The molecule has 1 atom stereocenters. The summed E-state index contributed by atoms with van der Waals surface area (Å²) in [5, 5.41) is 18.8. The Morgan fingerprint density at radius 1 is 1.19 bits per heavy atom. The number of methoxy groups -OCH3 is 2. The first kappa shape index (κ1) is 15.6. The number of aliphatic hydroxyl groups excluding tert-OH is 1. The molecule has 0 radical (unpaired) electrons. The molecule has 0 heterocycles. The SMILES string of the molecule is COc1c(C)c(CCO)c(OC)c2c1CC(C)(C(=O)O)C2. The van der Waals surface area contributed by atoms with Crippen LogP contribution < -0.4 is 9.47 Å². The maximum absolute atomic E-state index is 11.6. The fourth-order valence-corrected chi connectivity index (χ4v) is 3.29. The summed E-state index contributed by atoms with van der Waals surface area (Å²) >= 11 is 0. The molecule has 116 valence electrons. The number of carboxylic acid groups (broad SMARTS) is 1. The zero-order valence-electron chi connectivity index (χ0n) is 12.9. The number of carboxylic acids is 1. The van der Waals surface area contributed by atoms with Gasteiger partial charge in [-0.2, -0.15) is 0 Å². The highest BCUT2D eigenvalue weighted by Gasteiger charge is 2.43. The number of aliphatic hydroxyl groups is 1. The molecule has 1 aromatic rings. The lowest BCUT2D eigenvalue weighted by molar-refractivity contribution is -0.147. The molecular formula is C16H22O5. The van der Waals surface area contributed by atoms with Crippen molar-refractivity contribution in [3.05, 3.63) is 22.3 Å². The Morgan fingerprint density at radius 2 is 1.71 bits per heavy atom. The summed E-state index contributed by atoms with van der Waals surface area (Å²) in [6.45, 7) is 3.67. The minimum atomic E-state index is -0.840. The van der Waals surface area contributed by atoms with Gasteiger partial charge in [-0.1, -0.05) is 0 Å². The van der Waals surface area contributed by atoms with E-state index in [4.69, 9.17) is 9.47 Å². The van der Waals surface area contributed by atoms with Gasteiger partial charge in [0.1, 0.15) is 11.5 Å². The minimum absolute atomic E-state index is 0.00927. The Kier molecular flexibility index (Phi) is 4.14. The lowest BCUT2D eigenvalue weighted by Gasteiger charge is -2.19. The van der Waals surface area contributed by atoms with Gasteiger partial charge in [-0.15, -0.1) is 0 Å². The molecule has 0 fully saturated rings. The summed E-state index contributed by atoms with van der Waals surface area (Å²) in [5.74, 6) is 0.603. The van der Waals surface area contributed by atoms with Gasteiger partial charge in [0.15, 0.2) is 0 Å². The third kappa shape index (κ3) is 2.35. The average molecular weight is 294 g/mol. The smallest absolute Gasteiger partial charge is 0.310 e. The number of rotatable bonds is 5. The lowest BCUT2D eigenvalue weighted by Crippen LogP contribution is -2.27. The zero-order valence-corrected chi connectivity index (χ0v) is 12.9. The van der Waals surface area contributed by atoms with Crippen LogP contribution in [-0.2, 0) is 24.1 Å². The third-order valence-corrected chi connectivity index (χ3v) is 4.40. The molecule has 1 aromatic carbocycles. The van der Waals surface area contributed by atoms with Gasteiger partial charge in [-0.05, 0) is 38.7 Å². The first-order valence-corrected chi connectivity index (χ1v) is 6.99. The predicted molar refractivity (Wildman–Crippen MR) is 78.2 cm³/mol. The second kappa shape index (κ2) is 5.56. The quantitative estimate of drug-likeness (QED) is 0.865. The van der Waals surface area contributed by atoms with Gasteiger partial charge < -0.3 is 19.7 Å². The van der Waals surface area contributed by atoms with Crippen LogP contribution in [0.4, 0.5) is 0 Å². The van der Waals surface area contributed by atoms with Crippen LogP contribution in [0.5, 0.6) is 11.5 Å². The summed E-state index contributed by atoms with van der Waals surface area (Å²) in [5.41, 5.74) is 2.78. The van der Waals surface area contributed by atoms with Gasteiger partial charge in [0.2, 0.25) is 0 Å². The molecule has 0 saturated heterocycles. The highest BCUT2D eigenvalue weighted by atomic mass is 16.5. The molecule has 1 aliphatic carbocycles. The number of hydrogen-bond donors (Lipinski definition) is 2. The van der Waals surface area contributed by atoms with E-state index in [1.807, 2.05) is 6.92 Å². The Labute approximate surface area is 124 Å². The van der Waals surface area contributed by atoms with E-state index in [-0.39, 0.29) is 6.61 Å². The van der Waals surface area contributed by atoms with Crippen LogP contribution >= 0.6 is 0 Å². The highest BCUT2D eigenvalue weighted by molar-refractivity contribution is 5.78. The van der Waals surface area contributed by atoms with Crippen molar-refractivity contribution in [3.63, 3.8) is 0 Å². The molecule has 0 aromatic heterocycles. The van der Waals surface area contributed by atoms with Crippen LogP contribution in [0.3, 0.4) is 0 Å². The number of carbonyl (C=O) groups is 1. The van der Waals surface area contributed by atoms with Gasteiger partial charge in [0.05, 0.1) is 19.6 Å². The molecule has 0 bridgehead atoms. The van der Waals surface area contributed by atoms with E-state index in [1.165, 1.54) is 0 Å². The van der Waals surface area contributed by atoms with Gasteiger partial charge in [0, 0.05) is 23.3 Å². The second-order valence-electron chi connectivity index (χ2n) is 5.82. The van der Waals surface area contributed by atoms with Crippen molar-refractivity contribution in [3.8, 4) is 11.5 Å². The van der Waals surface area contributed by atoms with E-state index in [2.05, 4.69) is 0 Å². The largest absolute Gasteiger partial charge is 0.496 e. The third-order valence-electron chi connectivity index (χ3n) is 4.40. The van der Waals surface area contributed by atoms with Crippen LogP contribution in [0.25, 0.3) is 0 Å². The number of aliphatic carboxylic acids is 1. The molecule has 2 rings (SSSR count). The summed E-state index contributed by atoms with van der Waals surface area (Å²) in [4.78, 5) is 11.6. The molecule has 0 saturated carbocycles.